The van der Waals surface area contributed by atoms with Crippen molar-refractivity contribution in [2.75, 3.05) is 0 Å². The lowest BCUT2D eigenvalue weighted by Crippen LogP contribution is -2.23. The fourth-order valence-corrected chi connectivity index (χ4v) is 1.55. The van der Waals surface area contributed by atoms with E-state index in [2.05, 4.69) is 36.7 Å². The van der Waals surface area contributed by atoms with Gasteiger partial charge in [0.25, 0.3) is 0 Å². The summed E-state index contributed by atoms with van der Waals surface area (Å²) >= 11 is 0. The maximum absolute atomic E-state index is 5.92. The molecule has 1 aromatic carbocycles. The topological polar surface area (TPSA) is 38.9 Å². The lowest BCUT2D eigenvalue weighted by atomic mass is 10.0. The zero-order valence-electron chi connectivity index (χ0n) is 10.1. The summed E-state index contributed by atoms with van der Waals surface area (Å²) in [6, 6.07) is 7.98. The number of rotatable bonds is 1. The van der Waals surface area contributed by atoms with E-state index in [1.165, 1.54) is 0 Å². The van der Waals surface area contributed by atoms with Crippen molar-refractivity contribution in [2.24, 2.45) is 11.7 Å². The molecule has 17 heavy (non-hydrogen) atoms. The summed E-state index contributed by atoms with van der Waals surface area (Å²) in [5, 5.41) is 2.24. The third kappa shape index (κ3) is 2.64. The maximum Gasteiger partial charge on any atom is 0.0691 e. The van der Waals surface area contributed by atoms with Gasteiger partial charge in [-0.2, -0.15) is 0 Å². The lowest BCUT2D eigenvalue weighted by Gasteiger charge is -2.06. The molecule has 0 radical (unpaired) electrons. The van der Waals surface area contributed by atoms with E-state index in [-0.39, 0.29) is 6.04 Å². The van der Waals surface area contributed by atoms with E-state index in [4.69, 9.17) is 5.73 Å². The van der Waals surface area contributed by atoms with Crippen LogP contribution in [0.25, 0.3) is 10.8 Å². The molecular formula is C15H16N2. The molecule has 0 saturated heterocycles. The van der Waals surface area contributed by atoms with Gasteiger partial charge in [0.05, 0.1) is 6.04 Å². The highest BCUT2D eigenvalue weighted by molar-refractivity contribution is 5.87. The molecule has 0 amide bonds. The van der Waals surface area contributed by atoms with Crippen molar-refractivity contribution in [3.05, 3.63) is 42.2 Å². The standard InChI is InChI=1S/C15H16N2/c1-11(2)15(16)7-6-12-4-3-5-13-8-9-17-10-14(12)13/h3-5,8-11,15H,16H2,1-2H3. The Balaban J connectivity index is 2.43. The number of hydrogen-bond donors (Lipinski definition) is 1. The molecule has 2 rings (SSSR count). The van der Waals surface area contributed by atoms with E-state index in [9.17, 15) is 0 Å². The Morgan fingerprint density at radius 2 is 2.06 bits per heavy atom. The first-order valence-electron chi connectivity index (χ1n) is 5.78. The normalized spacial score (nSPS) is 12.2. The third-order valence-electron chi connectivity index (χ3n) is 2.78. The molecule has 0 bridgehead atoms. The third-order valence-corrected chi connectivity index (χ3v) is 2.78. The largest absolute Gasteiger partial charge is 0.317 e. The van der Waals surface area contributed by atoms with Crippen molar-refractivity contribution in [1.82, 2.24) is 4.98 Å². The minimum Gasteiger partial charge on any atom is -0.317 e. The number of aromatic nitrogens is 1. The first-order chi connectivity index (χ1) is 8.18. The zero-order valence-corrected chi connectivity index (χ0v) is 10.1. The lowest BCUT2D eigenvalue weighted by molar-refractivity contribution is 0.584. The highest BCUT2D eigenvalue weighted by Gasteiger charge is 2.02. The molecule has 1 unspecified atom stereocenters. The van der Waals surface area contributed by atoms with Crippen molar-refractivity contribution in [3.63, 3.8) is 0 Å². The van der Waals surface area contributed by atoms with Crippen molar-refractivity contribution >= 4 is 10.8 Å². The first-order valence-corrected chi connectivity index (χ1v) is 5.78. The minimum absolute atomic E-state index is 0.0815. The van der Waals surface area contributed by atoms with Crippen LogP contribution in [0.5, 0.6) is 0 Å². The Kier molecular flexibility index (Phi) is 3.41. The molecule has 2 N–H and O–H groups in total. The van der Waals surface area contributed by atoms with Gasteiger partial charge in [-0.15, -0.1) is 0 Å². The predicted octanol–water partition coefficient (Wildman–Crippen LogP) is 2.57. The highest BCUT2D eigenvalue weighted by atomic mass is 14.6. The summed E-state index contributed by atoms with van der Waals surface area (Å²) in [5.41, 5.74) is 6.91. The van der Waals surface area contributed by atoms with Gasteiger partial charge in [-0.05, 0) is 23.4 Å². The Labute approximate surface area is 102 Å². The molecule has 0 fully saturated rings. The van der Waals surface area contributed by atoms with Crippen molar-refractivity contribution in [2.45, 2.75) is 19.9 Å². The van der Waals surface area contributed by atoms with Crippen LogP contribution in [0.2, 0.25) is 0 Å². The Hall–Kier alpha value is -1.85. The van der Waals surface area contributed by atoms with E-state index in [1.807, 2.05) is 24.4 Å². The minimum atomic E-state index is -0.0815. The van der Waals surface area contributed by atoms with Gasteiger partial charge in [0, 0.05) is 23.3 Å². The summed E-state index contributed by atoms with van der Waals surface area (Å²) in [5.74, 6) is 6.62. The second kappa shape index (κ2) is 4.99. The van der Waals surface area contributed by atoms with Crippen molar-refractivity contribution in [3.8, 4) is 11.8 Å². The van der Waals surface area contributed by atoms with Gasteiger partial charge in [-0.1, -0.05) is 37.8 Å². The predicted molar refractivity (Wildman–Crippen MR) is 71.4 cm³/mol. The first kappa shape index (κ1) is 11.6. The molecule has 0 aliphatic heterocycles. The van der Waals surface area contributed by atoms with Crippen molar-refractivity contribution < 1.29 is 0 Å². The van der Waals surface area contributed by atoms with Crippen LogP contribution in [0.1, 0.15) is 19.4 Å². The average molecular weight is 224 g/mol. The second-order valence-electron chi connectivity index (χ2n) is 4.44. The van der Waals surface area contributed by atoms with E-state index >= 15 is 0 Å². The molecule has 0 spiro atoms. The number of hydrogen-bond acceptors (Lipinski definition) is 2. The molecule has 1 atom stereocenters. The number of nitrogens with two attached hydrogens (primary N) is 1. The van der Waals surface area contributed by atoms with E-state index in [0.29, 0.717) is 5.92 Å². The number of fused-ring (bicyclic) bond motifs is 1. The van der Waals surface area contributed by atoms with E-state index < -0.39 is 0 Å². The molecule has 2 heteroatoms. The van der Waals surface area contributed by atoms with Crippen LogP contribution in [0, 0.1) is 17.8 Å². The summed E-state index contributed by atoms with van der Waals surface area (Å²) in [7, 11) is 0. The van der Waals surface area contributed by atoms with Crippen molar-refractivity contribution in [1.29, 1.82) is 0 Å². The molecule has 0 aliphatic rings. The number of benzene rings is 1. The second-order valence-corrected chi connectivity index (χ2v) is 4.44. The van der Waals surface area contributed by atoms with Crippen LogP contribution in [-0.2, 0) is 0 Å². The molecule has 0 saturated carbocycles. The van der Waals surface area contributed by atoms with Gasteiger partial charge in [0.15, 0.2) is 0 Å². The molecule has 1 heterocycles. The summed E-state index contributed by atoms with van der Waals surface area (Å²) < 4.78 is 0. The van der Waals surface area contributed by atoms with Gasteiger partial charge in [-0.25, -0.2) is 0 Å². The van der Waals surface area contributed by atoms with Crippen LogP contribution >= 0.6 is 0 Å². The van der Waals surface area contributed by atoms with Gasteiger partial charge in [0.2, 0.25) is 0 Å². The molecule has 2 aromatic rings. The fraction of sp³-hybridized carbons (Fsp3) is 0.267. The van der Waals surface area contributed by atoms with Gasteiger partial charge in [0.1, 0.15) is 0 Å². The Morgan fingerprint density at radius 1 is 1.24 bits per heavy atom. The fourth-order valence-electron chi connectivity index (χ4n) is 1.55. The van der Waals surface area contributed by atoms with E-state index in [0.717, 1.165) is 16.3 Å². The van der Waals surface area contributed by atoms with Crippen LogP contribution < -0.4 is 5.73 Å². The van der Waals surface area contributed by atoms with Crippen LogP contribution in [-0.4, -0.2) is 11.0 Å². The molecule has 2 nitrogen and oxygen atoms in total. The van der Waals surface area contributed by atoms with Gasteiger partial charge < -0.3 is 5.73 Å². The molecule has 1 aromatic heterocycles. The zero-order chi connectivity index (χ0) is 12.3. The Morgan fingerprint density at radius 3 is 2.82 bits per heavy atom. The smallest absolute Gasteiger partial charge is 0.0691 e. The highest BCUT2D eigenvalue weighted by Crippen LogP contribution is 2.16. The molecule has 86 valence electrons. The van der Waals surface area contributed by atoms with Gasteiger partial charge >= 0.3 is 0 Å². The monoisotopic (exact) mass is 224 g/mol. The van der Waals surface area contributed by atoms with Gasteiger partial charge in [-0.3, -0.25) is 4.98 Å². The van der Waals surface area contributed by atoms with Crippen LogP contribution in [0.4, 0.5) is 0 Å². The molecular weight excluding hydrogens is 208 g/mol. The number of pyridine rings is 1. The SMILES string of the molecule is CC(C)C(N)C#Cc1cccc2ccncc12. The van der Waals surface area contributed by atoms with Crippen LogP contribution in [0.15, 0.2) is 36.7 Å². The quantitative estimate of drug-likeness (QED) is 0.756. The molecule has 0 aliphatic carbocycles. The maximum atomic E-state index is 5.92. The summed E-state index contributed by atoms with van der Waals surface area (Å²) in [6.45, 7) is 4.15. The average Bonchev–Trinajstić information content (AvgIpc) is 2.35. The summed E-state index contributed by atoms with van der Waals surface area (Å²) in [6.07, 6.45) is 3.64. The van der Waals surface area contributed by atoms with E-state index in [1.54, 1.807) is 6.20 Å². The number of nitrogens with zero attached hydrogens (tertiary/aromatic N) is 1. The van der Waals surface area contributed by atoms with Crippen LogP contribution in [0.3, 0.4) is 0 Å². The Bertz CT molecular complexity index is 571. The summed E-state index contributed by atoms with van der Waals surface area (Å²) in [4.78, 5) is 4.14.